The molecule has 3 heteroatoms. The number of hydrogen-bond donors (Lipinski definition) is 0. The molecule has 18 heavy (non-hydrogen) atoms. The minimum Gasteiger partial charge on any atom is -0.497 e. The van der Waals surface area contributed by atoms with E-state index >= 15 is 0 Å². The van der Waals surface area contributed by atoms with E-state index in [9.17, 15) is 4.79 Å². The van der Waals surface area contributed by atoms with E-state index in [1.165, 1.54) is 0 Å². The molecule has 0 fully saturated rings. The van der Waals surface area contributed by atoms with Crippen LogP contribution in [0.3, 0.4) is 0 Å². The number of ether oxygens (including phenoxy) is 1. The van der Waals surface area contributed by atoms with Gasteiger partial charge in [-0.3, -0.25) is 9.78 Å². The molecule has 0 saturated carbocycles. The van der Waals surface area contributed by atoms with E-state index in [1.54, 1.807) is 43.8 Å². The lowest BCUT2D eigenvalue weighted by Crippen LogP contribution is -1.93. The number of carbonyl (C=O) groups excluding carboxylic acids is 1. The van der Waals surface area contributed by atoms with Gasteiger partial charge in [-0.25, -0.2) is 0 Å². The summed E-state index contributed by atoms with van der Waals surface area (Å²) in [6, 6.07) is 11.0. The lowest BCUT2D eigenvalue weighted by atomic mass is 10.1. The fourth-order valence-electron chi connectivity index (χ4n) is 1.49. The molecule has 0 unspecified atom stereocenters. The zero-order chi connectivity index (χ0) is 12.8. The van der Waals surface area contributed by atoms with Crippen molar-refractivity contribution in [1.82, 2.24) is 4.98 Å². The number of carbonyl (C=O) groups is 1. The highest BCUT2D eigenvalue weighted by Crippen LogP contribution is 2.12. The fraction of sp³-hybridized carbons (Fsp3) is 0.0667. The maximum absolute atomic E-state index is 11.8. The normalized spacial score (nSPS) is 10.5. The highest BCUT2D eigenvalue weighted by atomic mass is 16.5. The molecule has 0 N–H and O–H groups in total. The van der Waals surface area contributed by atoms with Crippen molar-refractivity contribution >= 4 is 11.9 Å². The van der Waals surface area contributed by atoms with Gasteiger partial charge in [0.25, 0.3) is 0 Å². The van der Waals surface area contributed by atoms with Gasteiger partial charge in [-0.1, -0.05) is 18.2 Å². The second kappa shape index (κ2) is 5.77. The first kappa shape index (κ1) is 12.0. The van der Waals surface area contributed by atoms with Gasteiger partial charge in [0.05, 0.1) is 7.11 Å². The van der Waals surface area contributed by atoms with Crippen LogP contribution in [0, 0.1) is 0 Å². The molecule has 2 aromatic rings. The van der Waals surface area contributed by atoms with Gasteiger partial charge in [0.2, 0.25) is 0 Å². The van der Waals surface area contributed by atoms with Gasteiger partial charge in [-0.15, -0.1) is 0 Å². The van der Waals surface area contributed by atoms with E-state index in [1.807, 2.05) is 24.3 Å². The number of allylic oxidation sites excluding steroid dienone is 1. The molecule has 0 atom stereocenters. The number of nitrogens with zero attached hydrogens (tertiary/aromatic N) is 1. The van der Waals surface area contributed by atoms with Gasteiger partial charge >= 0.3 is 0 Å². The van der Waals surface area contributed by atoms with Gasteiger partial charge in [0.15, 0.2) is 5.78 Å². The summed E-state index contributed by atoms with van der Waals surface area (Å²) in [7, 11) is 1.62. The van der Waals surface area contributed by atoms with Crippen molar-refractivity contribution < 1.29 is 9.53 Å². The average molecular weight is 239 g/mol. The molecule has 0 amide bonds. The predicted molar refractivity (Wildman–Crippen MR) is 70.6 cm³/mol. The van der Waals surface area contributed by atoms with Crippen LogP contribution in [-0.4, -0.2) is 17.9 Å². The molecule has 0 radical (unpaired) electrons. The lowest BCUT2D eigenvalue weighted by molar-refractivity contribution is 0.104. The lowest BCUT2D eigenvalue weighted by Gasteiger charge is -1.99. The van der Waals surface area contributed by atoms with Crippen LogP contribution >= 0.6 is 0 Å². The minimum atomic E-state index is -0.0566. The molecule has 2 rings (SSSR count). The number of aromatic nitrogens is 1. The number of hydrogen-bond acceptors (Lipinski definition) is 3. The first-order chi connectivity index (χ1) is 8.79. The Balaban J connectivity index is 2.08. The minimum absolute atomic E-state index is 0.0566. The van der Waals surface area contributed by atoms with Crippen LogP contribution in [-0.2, 0) is 0 Å². The number of pyridine rings is 1. The third-order valence-corrected chi connectivity index (χ3v) is 2.49. The highest BCUT2D eigenvalue weighted by Gasteiger charge is 2.00. The van der Waals surface area contributed by atoms with Crippen molar-refractivity contribution in [2.75, 3.05) is 7.11 Å². The quantitative estimate of drug-likeness (QED) is 0.608. The van der Waals surface area contributed by atoms with Gasteiger partial charge in [0.1, 0.15) is 5.75 Å². The Labute approximate surface area is 106 Å². The summed E-state index contributed by atoms with van der Waals surface area (Å²) in [6.45, 7) is 0. The van der Waals surface area contributed by atoms with Gasteiger partial charge < -0.3 is 4.74 Å². The van der Waals surface area contributed by atoms with E-state index in [0.29, 0.717) is 5.56 Å². The zero-order valence-electron chi connectivity index (χ0n) is 10.0. The topological polar surface area (TPSA) is 39.2 Å². The number of ketones is 1. The second-order valence-corrected chi connectivity index (χ2v) is 3.71. The van der Waals surface area contributed by atoms with Crippen LogP contribution in [0.4, 0.5) is 0 Å². The van der Waals surface area contributed by atoms with E-state index < -0.39 is 0 Å². The number of methoxy groups -OCH3 is 1. The fourth-order valence-corrected chi connectivity index (χ4v) is 1.49. The SMILES string of the molecule is COc1ccc(/C=C/C(=O)c2cccnc2)cc1. The largest absolute Gasteiger partial charge is 0.497 e. The van der Waals surface area contributed by atoms with Crippen LogP contribution < -0.4 is 4.74 Å². The summed E-state index contributed by atoms with van der Waals surface area (Å²) in [5.74, 6) is 0.740. The monoisotopic (exact) mass is 239 g/mol. The molecular formula is C15H13NO2. The van der Waals surface area contributed by atoms with Crippen molar-refractivity contribution in [1.29, 1.82) is 0 Å². The van der Waals surface area contributed by atoms with Gasteiger partial charge in [0, 0.05) is 18.0 Å². The molecule has 3 nitrogen and oxygen atoms in total. The standard InChI is InChI=1S/C15H13NO2/c1-18-14-7-4-12(5-8-14)6-9-15(17)13-3-2-10-16-11-13/h2-11H,1H3/b9-6+. The van der Waals surface area contributed by atoms with Crippen LogP contribution in [0.15, 0.2) is 54.9 Å². The Morgan fingerprint density at radius 3 is 2.61 bits per heavy atom. The van der Waals surface area contributed by atoms with Crippen LogP contribution in [0.5, 0.6) is 5.75 Å². The first-order valence-electron chi connectivity index (χ1n) is 5.56. The van der Waals surface area contributed by atoms with Gasteiger partial charge in [-0.2, -0.15) is 0 Å². The molecule has 0 spiro atoms. The number of benzene rings is 1. The van der Waals surface area contributed by atoms with Crippen LogP contribution in [0.2, 0.25) is 0 Å². The summed E-state index contributed by atoms with van der Waals surface area (Å²) in [6.07, 6.45) is 6.51. The molecule has 0 bridgehead atoms. The average Bonchev–Trinajstić information content (AvgIpc) is 2.46. The summed E-state index contributed by atoms with van der Waals surface area (Å²) < 4.78 is 5.06. The Bertz CT molecular complexity index is 544. The molecule has 1 aromatic carbocycles. The van der Waals surface area contributed by atoms with E-state index in [0.717, 1.165) is 11.3 Å². The molecule has 1 heterocycles. The smallest absolute Gasteiger partial charge is 0.187 e. The summed E-state index contributed by atoms with van der Waals surface area (Å²) >= 11 is 0. The Morgan fingerprint density at radius 1 is 1.22 bits per heavy atom. The summed E-state index contributed by atoms with van der Waals surface area (Å²) in [5, 5.41) is 0. The third-order valence-electron chi connectivity index (χ3n) is 2.49. The number of rotatable bonds is 4. The Hall–Kier alpha value is -2.42. The summed E-state index contributed by atoms with van der Waals surface area (Å²) in [5.41, 5.74) is 1.54. The molecule has 0 aliphatic heterocycles. The molecule has 1 aromatic heterocycles. The van der Waals surface area contributed by atoms with Crippen molar-refractivity contribution in [2.24, 2.45) is 0 Å². The maximum Gasteiger partial charge on any atom is 0.187 e. The predicted octanol–water partition coefficient (Wildman–Crippen LogP) is 2.99. The van der Waals surface area contributed by atoms with Crippen LogP contribution in [0.1, 0.15) is 15.9 Å². The maximum atomic E-state index is 11.8. The molecule has 0 saturated heterocycles. The zero-order valence-corrected chi connectivity index (χ0v) is 10.0. The van der Waals surface area contributed by atoms with E-state index in [-0.39, 0.29) is 5.78 Å². The van der Waals surface area contributed by atoms with Crippen molar-refractivity contribution in [3.8, 4) is 5.75 Å². The highest BCUT2D eigenvalue weighted by molar-refractivity contribution is 6.06. The van der Waals surface area contributed by atoms with Crippen molar-refractivity contribution in [3.63, 3.8) is 0 Å². The van der Waals surface area contributed by atoms with Crippen molar-refractivity contribution in [3.05, 3.63) is 66.0 Å². The Morgan fingerprint density at radius 2 is 2.00 bits per heavy atom. The van der Waals surface area contributed by atoms with E-state index in [4.69, 9.17) is 4.74 Å². The third kappa shape index (κ3) is 3.04. The van der Waals surface area contributed by atoms with Gasteiger partial charge in [-0.05, 0) is 35.9 Å². The molecule has 0 aliphatic carbocycles. The first-order valence-corrected chi connectivity index (χ1v) is 5.56. The second-order valence-electron chi connectivity index (χ2n) is 3.71. The molecule has 0 aliphatic rings. The van der Waals surface area contributed by atoms with E-state index in [2.05, 4.69) is 4.98 Å². The van der Waals surface area contributed by atoms with Crippen LogP contribution in [0.25, 0.3) is 6.08 Å². The molecular weight excluding hydrogens is 226 g/mol. The summed E-state index contributed by atoms with van der Waals surface area (Å²) in [4.78, 5) is 15.7. The van der Waals surface area contributed by atoms with Crippen molar-refractivity contribution in [2.45, 2.75) is 0 Å². The molecule has 90 valence electrons. The Kier molecular flexibility index (Phi) is 3.86.